The summed E-state index contributed by atoms with van der Waals surface area (Å²) in [7, 11) is 0. The van der Waals surface area contributed by atoms with Crippen LogP contribution in [0.4, 0.5) is 11.4 Å². The molecule has 0 saturated heterocycles. The molecule has 1 heterocycles. The number of nitrogens with two attached hydrogens (primary N) is 1. The fourth-order valence-corrected chi connectivity index (χ4v) is 2.92. The first kappa shape index (κ1) is 15.4. The minimum absolute atomic E-state index is 0.0265. The zero-order chi connectivity index (χ0) is 16.2. The minimum Gasteiger partial charge on any atom is -0.478 e. The topological polar surface area (TPSA) is 55.6 Å². The van der Waals surface area contributed by atoms with Crippen molar-refractivity contribution in [3.05, 3.63) is 54.1 Å². The molecule has 2 N–H and O–H groups in total. The summed E-state index contributed by atoms with van der Waals surface area (Å²) >= 11 is 0. The number of carbonyl (C=O) groups is 1. The van der Waals surface area contributed by atoms with Crippen molar-refractivity contribution >= 4 is 17.3 Å². The molecule has 1 aliphatic heterocycles. The number of nitrogens with zero attached hydrogens (tertiary/aromatic N) is 1. The molecule has 1 atom stereocenters. The maximum Gasteiger partial charge on any atom is 0.268 e. The number of hydrogen-bond acceptors (Lipinski definition) is 3. The summed E-state index contributed by atoms with van der Waals surface area (Å²) in [5, 5.41) is 0. The Hall–Kier alpha value is -2.49. The van der Waals surface area contributed by atoms with Crippen LogP contribution in [0.25, 0.3) is 0 Å². The van der Waals surface area contributed by atoms with Crippen LogP contribution in [-0.2, 0) is 11.2 Å². The molecule has 23 heavy (non-hydrogen) atoms. The summed E-state index contributed by atoms with van der Waals surface area (Å²) in [5.74, 6) is 0.768. The van der Waals surface area contributed by atoms with Gasteiger partial charge in [-0.1, -0.05) is 37.3 Å². The number of amides is 1. The highest BCUT2D eigenvalue weighted by atomic mass is 16.5. The number of ether oxygens (including phenoxy) is 1. The van der Waals surface area contributed by atoms with Gasteiger partial charge in [-0.2, -0.15) is 0 Å². The Morgan fingerprint density at radius 2 is 1.96 bits per heavy atom. The third-order valence-electron chi connectivity index (χ3n) is 4.15. The van der Waals surface area contributed by atoms with E-state index < -0.39 is 6.10 Å². The van der Waals surface area contributed by atoms with Gasteiger partial charge in [0.2, 0.25) is 0 Å². The first-order chi connectivity index (χ1) is 11.2. The Morgan fingerprint density at radius 3 is 2.70 bits per heavy atom. The van der Waals surface area contributed by atoms with Gasteiger partial charge in [0.25, 0.3) is 5.91 Å². The second-order valence-electron chi connectivity index (χ2n) is 5.82. The normalized spacial score (nSPS) is 16.8. The van der Waals surface area contributed by atoms with Crippen molar-refractivity contribution in [3.8, 4) is 5.75 Å². The fourth-order valence-electron chi connectivity index (χ4n) is 2.92. The highest BCUT2D eigenvalue weighted by molar-refractivity contribution is 6.00. The molecule has 0 fully saturated rings. The zero-order valence-electron chi connectivity index (χ0n) is 13.4. The minimum atomic E-state index is -0.400. The number of benzene rings is 2. The van der Waals surface area contributed by atoms with Crippen molar-refractivity contribution < 1.29 is 9.53 Å². The number of nitrogen functional groups attached to an aromatic ring is 1. The Morgan fingerprint density at radius 1 is 1.17 bits per heavy atom. The van der Waals surface area contributed by atoms with Crippen molar-refractivity contribution in [1.82, 2.24) is 0 Å². The summed E-state index contributed by atoms with van der Waals surface area (Å²) in [6, 6.07) is 15.8. The van der Waals surface area contributed by atoms with Crippen LogP contribution in [0, 0.1) is 0 Å². The van der Waals surface area contributed by atoms with Crippen LogP contribution in [0.5, 0.6) is 5.75 Å². The monoisotopic (exact) mass is 310 g/mol. The quantitative estimate of drug-likeness (QED) is 0.861. The smallest absolute Gasteiger partial charge is 0.268 e. The largest absolute Gasteiger partial charge is 0.478 e. The van der Waals surface area contributed by atoms with Crippen molar-refractivity contribution in [2.75, 3.05) is 17.2 Å². The first-order valence-electron chi connectivity index (χ1n) is 8.10. The van der Waals surface area contributed by atoms with E-state index >= 15 is 0 Å². The van der Waals surface area contributed by atoms with Gasteiger partial charge in [-0.25, -0.2) is 0 Å². The van der Waals surface area contributed by atoms with Gasteiger partial charge in [-0.3, -0.25) is 4.79 Å². The van der Waals surface area contributed by atoms with Gasteiger partial charge in [0.15, 0.2) is 6.10 Å². The summed E-state index contributed by atoms with van der Waals surface area (Å²) in [4.78, 5) is 14.5. The molecule has 0 radical (unpaired) electrons. The molecule has 120 valence electrons. The molecule has 1 amide bonds. The second-order valence-corrected chi connectivity index (χ2v) is 5.82. The van der Waals surface area contributed by atoms with Crippen LogP contribution in [-0.4, -0.2) is 18.6 Å². The predicted octanol–water partition coefficient (Wildman–Crippen LogP) is 3.41. The summed E-state index contributed by atoms with van der Waals surface area (Å²) < 4.78 is 5.80. The molecule has 0 spiro atoms. The van der Waals surface area contributed by atoms with Crippen LogP contribution in [0.15, 0.2) is 48.5 Å². The predicted molar refractivity (Wildman–Crippen MR) is 92.7 cm³/mol. The van der Waals surface area contributed by atoms with E-state index in [4.69, 9.17) is 10.5 Å². The maximum absolute atomic E-state index is 12.6. The van der Waals surface area contributed by atoms with Crippen LogP contribution in [0.2, 0.25) is 0 Å². The number of rotatable bonds is 5. The van der Waals surface area contributed by atoms with Crippen molar-refractivity contribution in [1.29, 1.82) is 0 Å². The molecule has 1 aliphatic rings. The summed E-state index contributed by atoms with van der Waals surface area (Å²) in [5.41, 5.74) is 8.59. The van der Waals surface area contributed by atoms with Gasteiger partial charge in [-0.05, 0) is 43.0 Å². The number of anilines is 2. The number of fused-ring (bicyclic) bond motifs is 1. The third-order valence-corrected chi connectivity index (χ3v) is 4.15. The van der Waals surface area contributed by atoms with E-state index in [1.54, 1.807) is 0 Å². The van der Waals surface area contributed by atoms with Gasteiger partial charge in [0.05, 0.1) is 5.69 Å². The van der Waals surface area contributed by atoms with Gasteiger partial charge >= 0.3 is 0 Å². The van der Waals surface area contributed by atoms with Gasteiger partial charge in [0, 0.05) is 12.2 Å². The fraction of sp³-hybridized carbons (Fsp3) is 0.316. The maximum atomic E-state index is 12.6. The Labute approximate surface area is 136 Å². The molecule has 0 saturated carbocycles. The lowest BCUT2D eigenvalue weighted by atomic mass is 10.1. The van der Waals surface area contributed by atoms with Crippen molar-refractivity contribution in [2.24, 2.45) is 0 Å². The molecule has 4 nitrogen and oxygen atoms in total. The van der Waals surface area contributed by atoms with E-state index in [1.807, 2.05) is 48.2 Å². The van der Waals surface area contributed by atoms with E-state index in [-0.39, 0.29) is 5.91 Å². The lowest BCUT2D eigenvalue weighted by Gasteiger charge is -2.34. The van der Waals surface area contributed by atoms with Crippen molar-refractivity contribution in [2.45, 2.75) is 32.3 Å². The Bertz CT molecular complexity index is 685. The second kappa shape index (κ2) is 6.73. The molecule has 4 heteroatoms. The third kappa shape index (κ3) is 3.31. The first-order valence-corrected chi connectivity index (χ1v) is 8.10. The van der Waals surface area contributed by atoms with E-state index in [1.165, 1.54) is 5.56 Å². The Balaban J connectivity index is 1.76. The van der Waals surface area contributed by atoms with E-state index in [0.29, 0.717) is 18.7 Å². The number of carbonyl (C=O) groups excluding carboxylic acids is 1. The highest BCUT2D eigenvalue weighted by Gasteiger charge is 2.32. The van der Waals surface area contributed by atoms with Crippen molar-refractivity contribution in [3.63, 3.8) is 0 Å². The number of aryl methyl sites for hydroxylation is 1. The van der Waals surface area contributed by atoms with Gasteiger partial charge in [0.1, 0.15) is 5.75 Å². The van der Waals surface area contributed by atoms with Crippen LogP contribution in [0.3, 0.4) is 0 Å². The van der Waals surface area contributed by atoms with Crippen LogP contribution in [0.1, 0.15) is 25.3 Å². The lowest BCUT2D eigenvalue weighted by Crippen LogP contribution is -2.46. The molecular formula is C19H22N2O2. The lowest BCUT2D eigenvalue weighted by molar-refractivity contribution is -0.126. The average molecular weight is 310 g/mol. The molecule has 2 aromatic carbocycles. The van der Waals surface area contributed by atoms with Crippen LogP contribution < -0.4 is 15.4 Å². The SMILES string of the molecule is CCC1Oc2ccc(N)cc2N(CCCc2ccccc2)C1=O. The standard InChI is InChI=1S/C19H22N2O2/c1-2-17-19(22)21(12-6-9-14-7-4-3-5-8-14)16-13-15(20)10-11-18(16)23-17/h3-5,7-8,10-11,13,17H,2,6,9,12,20H2,1H3. The van der Waals surface area contributed by atoms with Gasteiger partial charge in [-0.15, -0.1) is 0 Å². The molecule has 3 rings (SSSR count). The molecule has 2 aromatic rings. The number of hydrogen-bond donors (Lipinski definition) is 1. The van der Waals surface area contributed by atoms with E-state index in [0.717, 1.165) is 24.3 Å². The van der Waals surface area contributed by atoms with E-state index in [2.05, 4.69) is 12.1 Å². The summed E-state index contributed by atoms with van der Waals surface area (Å²) in [6.45, 7) is 2.64. The molecule has 0 aromatic heterocycles. The molecule has 0 aliphatic carbocycles. The average Bonchev–Trinajstić information content (AvgIpc) is 2.57. The highest BCUT2D eigenvalue weighted by Crippen LogP contribution is 2.36. The molecule has 1 unspecified atom stereocenters. The molecule has 0 bridgehead atoms. The van der Waals surface area contributed by atoms with Gasteiger partial charge < -0.3 is 15.4 Å². The summed E-state index contributed by atoms with van der Waals surface area (Å²) in [6.07, 6.45) is 2.11. The van der Waals surface area contributed by atoms with Crippen LogP contribution >= 0.6 is 0 Å². The van der Waals surface area contributed by atoms with E-state index in [9.17, 15) is 4.79 Å². The molecular weight excluding hydrogens is 288 g/mol. The Kier molecular flexibility index (Phi) is 4.51. The zero-order valence-corrected chi connectivity index (χ0v) is 13.4.